The molecule has 0 aromatic heterocycles. The maximum absolute atomic E-state index is 12.5. The Bertz CT molecular complexity index is 862. The van der Waals surface area contributed by atoms with Crippen molar-refractivity contribution in [2.75, 3.05) is 13.7 Å². The number of carbonyl (C=O) groups is 2. The second-order valence-electron chi connectivity index (χ2n) is 9.66. The summed E-state index contributed by atoms with van der Waals surface area (Å²) < 4.78 is 10.8. The van der Waals surface area contributed by atoms with E-state index >= 15 is 0 Å². The zero-order valence-electron chi connectivity index (χ0n) is 21.6. The lowest BCUT2D eigenvalue weighted by Crippen LogP contribution is -2.36. The minimum atomic E-state index is -0.666. The summed E-state index contributed by atoms with van der Waals surface area (Å²) in [5.41, 5.74) is 9.67. The summed E-state index contributed by atoms with van der Waals surface area (Å²) in [6.07, 6.45) is 6.87. The molecule has 1 aliphatic rings. The van der Waals surface area contributed by atoms with Crippen molar-refractivity contribution in [2.24, 2.45) is 10.7 Å². The quantitative estimate of drug-likeness (QED) is 0.368. The fourth-order valence-corrected chi connectivity index (χ4v) is 3.42. The summed E-state index contributed by atoms with van der Waals surface area (Å²) in [5, 5.41) is 0. The molecule has 0 aromatic carbocycles. The van der Waals surface area contributed by atoms with E-state index in [2.05, 4.69) is 11.6 Å². The van der Waals surface area contributed by atoms with Gasteiger partial charge >= 0.3 is 12.2 Å². The van der Waals surface area contributed by atoms with Gasteiger partial charge in [-0.25, -0.2) is 9.59 Å². The number of aliphatic imine (C=N–C) groups is 1. The Balaban J connectivity index is 2.97. The van der Waals surface area contributed by atoms with Gasteiger partial charge in [0.2, 0.25) is 0 Å². The molecule has 7 nitrogen and oxygen atoms in total. The maximum Gasteiger partial charge on any atom is 0.434 e. The number of allylic oxidation sites excluding steroid dienone is 5. The number of nitrogens with two attached hydrogens (primary N) is 1. The SMILES string of the molecule is C=C(C)C(/C=C\C(C)=C(C)/C(COC(=O)N(C)C1CCCC1)=C(/C)N)=N/C(=O)OC(C)(C)C. The molecule has 0 spiro atoms. The first kappa shape index (κ1) is 28.2. The van der Waals surface area contributed by atoms with E-state index in [1.54, 1.807) is 52.6 Å². The van der Waals surface area contributed by atoms with Gasteiger partial charge in [0.15, 0.2) is 0 Å². The molecule has 33 heavy (non-hydrogen) atoms. The number of rotatable bonds is 7. The summed E-state index contributed by atoms with van der Waals surface area (Å²) in [5.74, 6) is 0. The van der Waals surface area contributed by atoms with Gasteiger partial charge in [-0.3, -0.25) is 0 Å². The van der Waals surface area contributed by atoms with Crippen LogP contribution < -0.4 is 5.73 Å². The third-order valence-corrected chi connectivity index (χ3v) is 5.55. The largest absolute Gasteiger partial charge is 0.444 e. The van der Waals surface area contributed by atoms with Gasteiger partial charge in [-0.15, -0.1) is 0 Å². The smallest absolute Gasteiger partial charge is 0.434 e. The van der Waals surface area contributed by atoms with E-state index in [0.717, 1.165) is 42.4 Å². The highest BCUT2D eigenvalue weighted by Gasteiger charge is 2.24. The highest BCUT2D eigenvalue weighted by Crippen LogP contribution is 2.24. The van der Waals surface area contributed by atoms with Crippen LogP contribution >= 0.6 is 0 Å². The van der Waals surface area contributed by atoms with E-state index in [4.69, 9.17) is 15.2 Å². The first-order valence-corrected chi connectivity index (χ1v) is 11.4. The number of amides is 2. The standard InChI is InChI=1S/C26H41N3O4/c1-17(2)23(28-24(30)33-26(6,7)8)15-14-18(3)19(4)22(20(5)27)16-32-25(31)29(9)21-12-10-11-13-21/h14-15,21H,1,10-13,16,27H2,2-9H3/b15-14-,19-18-,22-20-,28-23+. The zero-order chi connectivity index (χ0) is 25.3. The van der Waals surface area contributed by atoms with Crippen molar-refractivity contribution >= 4 is 17.9 Å². The van der Waals surface area contributed by atoms with Crippen molar-refractivity contribution in [3.63, 3.8) is 0 Å². The van der Waals surface area contributed by atoms with E-state index in [-0.39, 0.29) is 18.7 Å². The molecule has 0 unspecified atom stereocenters. The van der Waals surface area contributed by atoms with Crippen LogP contribution in [0.1, 0.15) is 74.1 Å². The predicted molar refractivity (Wildman–Crippen MR) is 134 cm³/mol. The molecule has 1 rings (SSSR count). The van der Waals surface area contributed by atoms with E-state index in [1.807, 2.05) is 19.9 Å². The van der Waals surface area contributed by atoms with Gasteiger partial charge in [-0.1, -0.05) is 25.5 Å². The van der Waals surface area contributed by atoms with Crippen molar-refractivity contribution in [1.29, 1.82) is 0 Å². The van der Waals surface area contributed by atoms with Crippen LogP contribution in [0.25, 0.3) is 0 Å². The molecule has 0 saturated heterocycles. The van der Waals surface area contributed by atoms with Gasteiger partial charge in [0.1, 0.15) is 12.2 Å². The number of hydrogen-bond acceptors (Lipinski definition) is 5. The zero-order valence-corrected chi connectivity index (χ0v) is 21.6. The Morgan fingerprint density at radius 2 is 1.70 bits per heavy atom. The number of ether oxygens (including phenoxy) is 2. The van der Waals surface area contributed by atoms with Gasteiger partial charge in [0.05, 0.1) is 5.71 Å². The molecule has 1 saturated carbocycles. The van der Waals surface area contributed by atoms with Crippen LogP contribution in [0.4, 0.5) is 9.59 Å². The second kappa shape index (κ2) is 12.4. The molecule has 0 bridgehead atoms. The van der Waals surface area contributed by atoms with Crippen molar-refractivity contribution < 1.29 is 19.1 Å². The number of hydrogen-bond donors (Lipinski definition) is 1. The average molecular weight is 460 g/mol. The molecule has 0 aromatic rings. The lowest BCUT2D eigenvalue weighted by molar-refractivity contribution is 0.0604. The molecular formula is C26H41N3O4. The fraction of sp³-hybridized carbons (Fsp3) is 0.577. The summed E-state index contributed by atoms with van der Waals surface area (Å²) in [7, 11) is 1.79. The molecule has 0 heterocycles. The van der Waals surface area contributed by atoms with Crippen LogP contribution in [-0.4, -0.2) is 48.1 Å². The van der Waals surface area contributed by atoms with Crippen LogP contribution in [0.5, 0.6) is 0 Å². The Kier molecular flexibility index (Phi) is 10.6. The topological polar surface area (TPSA) is 94.2 Å². The average Bonchev–Trinajstić information content (AvgIpc) is 3.22. The first-order chi connectivity index (χ1) is 15.2. The molecule has 7 heteroatoms. The summed E-state index contributed by atoms with van der Waals surface area (Å²) in [6, 6.07) is 0.245. The molecule has 1 aliphatic carbocycles. The van der Waals surface area contributed by atoms with Crippen LogP contribution in [0.3, 0.4) is 0 Å². The van der Waals surface area contributed by atoms with Gasteiger partial charge < -0.3 is 20.1 Å². The fourth-order valence-electron chi connectivity index (χ4n) is 3.42. The minimum Gasteiger partial charge on any atom is -0.444 e. The van der Waals surface area contributed by atoms with Crippen LogP contribution in [0.2, 0.25) is 0 Å². The third kappa shape index (κ3) is 9.68. The Morgan fingerprint density at radius 3 is 2.18 bits per heavy atom. The molecule has 2 N–H and O–H groups in total. The second-order valence-corrected chi connectivity index (χ2v) is 9.66. The summed E-state index contributed by atoms with van der Waals surface area (Å²) in [4.78, 5) is 30.3. The third-order valence-electron chi connectivity index (χ3n) is 5.55. The van der Waals surface area contributed by atoms with E-state index in [1.165, 1.54) is 0 Å². The van der Waals surface area contributed by atoms with Crippen molar-refractivity contribution in [2.45, 2.75) is 85.8 Å². The number of nitrogens with zero attached hydrogens (tertiary/aromatic N) is 2. The van der Waals surface area contributed by atoms with Crippen LogP contribution in [0, 0.1) is 0 Å². The van der Waals surface area contributed by atoms with E-state index in [0.29, 0.717) is 17.0 Å². The minimum absolute atomic E-state index is 0.0918. The molecular weight excluding hydrogens is 418 g/mol. The molecule has 0 aliphatic heterocycles. The first-order valence-electron chi connectivity index (χ1n) is 11.4. The highest BCUT2D eigenvalue weighted by molar-refractivity contribution is 6.11. The van der Waals surface area contributed by atoms with Crippen LogP contribution in [0.15, 0.2) is 51.7 Å². The number of carbonyl (C=O) groups excluding carboxylic acids is 2. The lowest BCUT2D eigenvalue weighted by Gasteiger charge is -2.24. The maximum atomic E-state index is 12.5. The molecule has 0 radical (unpaired) electrons. The predicted octanol–water partition coefficient (Wildman–Crippen LogP) is 6.07. The molecule has 0 atom stereocenters. The summed E-state index contributed by atoms with van der Waals surface area (Å²) in [6.45, 7) is 16.7. The van der Waals surface area contributed by atoms with E-state index in [9.17, 15) is 9.59 Å². The van der Waals surface area contributed by atoms with Crippen LogP contribution in [-0.2, 0) is 9.47 Å². The Morgan fingerprint density at radius 1 is 1.12 bits per heavy atom. The van der Waals surface area contributed by atoms with Gasteiger partial charge in [0, 0.05) is 24.4 Å². The van der Waals surface area contributed by atoms with Crippen molar-refractivity contribution in [1.82, 2.24) is 4.90 Å². The lowest BCUT2D eigenvalue weighted by atomic mass is 10.0. The van der Waals surface area contributed by atoms with Crippen molar-refractivity contribution in [3.8, 4) is 0 Å². The van der Waals surface area contributed by atoms with Gasteiger partial charge in [0.25, 0.3) is 0 Å². The molecule has 184 valence electrons. The van der Waals surface area contributed by atoms with Gasteiger partial charge in [-0.2, -0.15) is 4.99 Å². The monoisotopic (exact) mass is 459 g/mol. The molecule has 1 fully saturated rings. The normalized spacial score (nSPS) is 16.9. The highest BCUT2D eigenvalue weighted by atomic mass is 16.6. The Hall–Kier alpha value is -2.83. The Labute approximate surface area is 199 Å². The van der Waals surface area contributed by atoms with Gasteiger partial charge in [-0.05, 0) is 84.1 Å². The van der Waals surface area contributed by atoms with Crippen molar-refractivity contribution in [3.05, 3.63) is 46.7 Å². The summed E-state index contributed by atoms with van der Waals surface area (Å²) >= 11 is 0. The molecule has 2 amide bonds. The van der Waals surface area contributed by atoms with E-state index < -0.39 is 11.7 Å².